The molecule has 1 unspecified atom stereocenters. The van der Waals surface area contributed by atoms with E-state index < -0.39 is 0 Å². The first-order valence-electron chi connectivity index (χ1n) is 8.18. The van der Waals surface area contributed by atoms with E-state index in [2.05, 4.69) is 44.7 Å². The molecule has 1 aromatic heterocycles. The minimum atomic E-state index is -0.0992. The predicted molar refractivity (Wildman–Crippen MR) is 89.0 cm³/mol. The highest BCUT2D eigenvalue weighted by Crippen LogP contribution is 2.24. The second-order valence-electron chi connectivity index (χ2n) is 5.86. The molecule has 3 rings (SSSR count). The summed E-state index contributed by atoms with van der Waals surface area (Å²) in [6.45, 7) is 2.78. The van der Waals surface area contributed by atoms with Gasteiger partial charge in [0.2, 0.25) is 0 Å². The molecule has 0 spiro atoms. The van der Waals surface area contributed by atoms with Crippen LogP contribution in [0.2, 0.25) is 0 Å². The van der Waals surface area contributed by atoms with E-state index >= 15 is 0 Å². The van der Waals surface area contributed by atoms with Crippen molar-refractivity contribution in [2.45, 2.75) is 25.3 Å². The first-order chi connectivity index (χ1) is 11.3. The van der Waals surface area contributed by atoms with Gasteiger partial charge in [0.25, 0.3) is 5.91 Å². The first kappa shape index (κ1) is 15.6. The zero-order valence-corrected chi connectivity index (χ0v) is 13.2. The van der Waals surface area contributed by atoms with Crippen molar-refractivity contribution in [3.63, 3.8) is 0 Å². The van der Waals surface area contributed by atoms with Gasteiger partial charge < -0.3 is 5.32 Å². The van der Waals surface area contributed by atoms with Crippen molar-refractivity contribution in [1.82, 2.24) is 20.4 Å². The van der Waals surface area contributed by atoms with E-state index in [4.69, 9.17) is 0 Å². The first-order valence-corrected chi connectivity index (χ1v) is 8.18. The molecule has 0 aliphatic carbocycles. The third kappa shape index (κ3) is 4.13. The van der Waals surface area contributed by atoms with Crippen molar-refractivity contribution >= 4 is 5.91 Å². The highest BCUT2D eigenvalue weighted by molar-refractivity contribution is 5.93. The van der Waals surface area contributed by atoms with Crippen molar-refractivity contribution < 1.29 is 4.79 Å². The van der Waals surface area contributed by atoms with Crippen LogP contribution in [0.5, 0.6) is 0 Å². The highest BCUT2D eigenvalue weighted by Gasteiger charge is 2.22. The van der Waals surface area contributed by atoms with Crippen LogP contribution in [0.15, 0.2) is 48.8 Å². The van der Waals surface area contributed by atoms with Gasteiger partial charge in [0.1, 0.15) is 0 Å². The van der Waals surface area contributed by atoms with E-state index in [9.17, 15) is 4.79 Å². The summed E-state index contributed by atoms with van der Waals surface area (Å²) >= 11 is 0. The maximum absolute atomic E-state index is 12.3. The molecule has 0 saturated carbocycles. The number of benzene rings is 1. The van der Waals surface area contributed by atoms with Gasteiger partial charge in [0.15, 0.2) is 0 Å². The Bertz CT molecular complexity index is 611. The Labute approximate surface area is 136 Å². The smallest absolute Gasteiger partial charge is 0.253 e. The molecular weight excluding hydrogens is 288 g/mol. The van der Waals surface area contributed by atoms with Crippen LogP contribution in [-0.2, 0) is 0 Å². The fourth-order valence-electron chi connectivity index (χ4n) is 3.08. The fourth-order valence-corrected chi connectivity index (χ4v) is 3.08. The summed E-state index contributed by atoms with van der Waals surface area (Å²) in [6, 6.07) is 12.3. The van der Waals surface area contributed by atoms with Crippen molar-refractivity contribution in [3.8, 4) is 0 Å². The molecule has 2 aromatic rings. The van der Waals surface area contributed by atoms with E-state index in [1.807, 2.05) is 6.07 Å². The number of hydrogen-bond donors (Lipinski definition) is 1. The van der Waals surface area contributed by atoms with Crippen LogP contribution < -0.4 is 5.32 Å². The lowest BCUT2D eigenvalue weighted by Crippen LogP contribution is -2.40. The maximum atomic E-state index is 12.3. The van der Waals surface area contributed by atoms with Crippen LogP contribution in [0.4, 0.5) is 0 Å². The summed E-state index contributed by atoms with van der Waals surface area (Å²) in [5, 5.41) is 10.5. The topological polar surface area (TPSA) is 58.1 Å². The van der Waals surface area contributed by atoms with Gasteiger partial charge >= 0.3 is 0 Å². The van der Waals surface area contributed by atoms with Crippen LogP contribution in [-0.4, -0.2) is 40.6 Å². The summed E-state index contributed by atoms with van der Waals surface area (Å²) < 4.78 is 0. The summed E-state index contributed by atoms with van der Waals surface area (Å²) in [5.74, 6) is -0.0992. The van der Waals surface area contributed by atoms with Crippen LogP contribution in [0, 0.1) is 0 Å². The molecule has 1 aromatic carbocycles. The Morgan fingerprint density at radius 1 is 1.09 bits per heavy atom. The Morgan fingerprint density at radius 3 is 2.57 bits per heavy atom. The molecule has 5 heteroatoms. The molecule has 1 aliphatic rings. The third-order valence-electron chi connectivity index (χ3n) is 4.32. The molecule has 1 N–H and O–H groups in total. The monoisotopic (exact) mass is 310 g/mol. The predicted octanol–water partition coefficient (Wildman–Crippen LogP) is 2.43. The molecule has 1 aliphatic heterocycles. The summed E-state index contributed by atoms with van der Waals surface area (Å²) in [6.07, 6.45) is 6.78. The van der Waals surface area contributed by atoms with Crippen molar-refractivity contribution in [2.75, 3.05) is 19.6 Å². The standard InChI is InChI=1S/C18H22N4O/c23-18(16-9-10-20-21-13-16)19-14-17(15-7-3-1-4-8-15)22-11-5-2-6-12-22/h1,3-4,7-10,13,17H,2,5-6,11-12,14H2,(H,19,23). The van der Waals surface area contributed by atoms with Gasteiger partial charge in [-0.15, -0.1) is 0 Å². The zero-order chi connectivity index (χ0) is 15.9. The second-order valence-corrected chi connectivity index (χ2v) is 5.86. The van der Waals surface area contributed by atoms with Crippen molar-refractivity contribution in [1.29, 1.82) is 0 Å². The molecule has 1 fully saturated rings. The average Bonchev–Trinajstić information content (AvgIpc) is 2.64. The molecule has 120 valence electrons. The Morgan fingerprint density at radius 2 is 1.87 bits per heavy atom. The number of hydrogen-bond acceptors (Lipinski definition) is 4. The minimum absolute atomic E-state index is 0.0992. The lowest BCUT2D eigenvalue weighted by molar-refractivity contribution is 0.0924. The van der Waals surface area contributed by atoms with Crippen LogP contribution in [0.3, 0.4) is 0 Å². The number of nitrogens with one attached hydrogen (secondary N) is 1. The Hall–Kier alpha value is -2.27. The van der Waals surface area contributed by atoms with Crippen LogP contribution >= 0.6 is 0 Å². The number of aromatic nitrogens is 2. The van der Waals surface area contributed by atoms with Gasteiger partial charge in [-0.05, 0) is 37.6 Å². The maximum Gasteiger partial charge on any atom is 0.253 e. The summed E-state index contributed by atoms with van der Waals surface area (Å²) in [5.41, 5.74) is 1.80. The molecular formula is C18H22N4O. The zero-order valence-electron chi connectivity index (χ0n) is 13.2. The number of piperidine rings is 1. The summed E-state index contributed by atoms with van der Waals surface area (Å²) in [4.78, 5) is 14.7. The van der Waals surface area contributed by atoms with Gasteiger partial charge in [0, 0.05) is 6.54 Å². The van der Waals surface area contributed by atoms with Crippen LogP contribution in [0.25, 0.3) is 0 Å². The number of rotatable bonds is 5. The molecule has 1 saturated heterocycles. The van der Waals surface area contributed by atoms with Crippen molar-refractivity contribution in [2.24, 2.45) is 0 Å². The van der Waals surface area contributed by atoms with Gasteiger partial charge in [0.05, 0.1) is 24.0 Å². The third-order valence-corrected chi connectivity index (χ3v) is 4.32. The number of carbonyl (C=O) groups excluding carboxylic acids is 1. The number of carbonyl (C=O) groups is 1. The Kier molecular flexibility index (Phi) is 5.32. The number of amides is 1. The lowest BCUT2D eigenvalue weighted by Gasteiger charge is -2.35. The average molecular weight is 310 g/mol. The van der Waals surface area contributed by atoms with E-state index in [-0.39, 0.29) is 11.9 Å². The Balaban J connectivity index is 1.70. The molecule has 23 heavy (non-hydrogen) atoms. The molecule has 1 amide bonds. The van der Waals surface area contributed by atoms with E-state index in [1.54, 1.807) is 6.07 Å². The van der Waals surface area contributed by atoms with Gasteiger partial charge in [-0.25, -0.2) is 0 Å². The molecule has 0 bridgehead atoms. The number of likely N-dealkylation sites (tertiary alicyclic amines) is 1. The van der Waals surface area contributed by atoms with Gasteiger partial charge in [-0.2, -0.15) is 10.2 Å². The minimum Gasteiger partial charge on any atom is -0.350 e. The van der Waals surface area contributed by atoms with E-state index in [0.29, 0.717) is 12.1 Å². The van der Waals surface area contributed by atoms with E-state index in [0.717, 1.165) is 13.1 Å². The normalized spacial score (nSPS) is 16.7. The molecule has 2 heterocycles. The fraction of sp³-hybridized carbons (Fsp3) is 0.389. The quantitative estimate of drug-likeness (QED) is 0.921. The van der Waals surface area contributed by atoms with Crippen LogP contribution in [0.1, 0.15) is 41.2 Å². The SMILES string of the molecule is O=C(NCC(c1ccccc1)N1CCCCC1)c1ccnnc1. The molecule has 5 nitrogen and oxygen atoms in total. The summed E-state index contributed by atoms with van der Waals surface area (Å²) in [7, 11) is 0. The highest BCUT2D eigenvalue weighted by atomic mass is 16.1. The largest absolute Gasteiger partial charge is 0.350 e. The van der Waals surface area contributed by atoms with Gasteiger partial charge in [-0.3, -0.25) is 9.69 Å². The second kappa shape index (κ2) is 7.83. The van der Waals surface area contributed by atoms with Gasteiger partial charge in [-0.1, -0.05) is 36.8 Å². The lowest BCUT2D eigenvalue weighted by atomic mass is 10.0. The number of nitrogens with zero attached hydrogens (tertiary/aromatic N) is 3. The molecule has 0 radical (unpaired) electrons. The van der Waals surface area contributed by atoms with Crippen molar-refractivity contribution in [3.05, 3.63) is 59.9 Å². The molecule has 1 atom stereocenters. The van der Waals surface area contributed by atoms with E-state index in [1.165, 1.54) is 37.2 Å².